The fourth-order valence-electron chi connectivity index (χ4n) is 1.91. The number of aliphatic carboxylic acids is 1. The van der Waals surface area contributed by atoms with Crippen LogP contribution in [0.25, 0.3) is 0 Å². The Morgan fingerprint density at radius 3 is 2.45 bits per heavy atom. The third-order valence-corrected chi connectivity index (χ3v) is 3.14. The highest BCUT2D eigenvalue weighted by molar-refractivity contribution is 5.96. The zero-order valence-corrected chi connectivity index (χ0v) is 12.4. The van der Waals surface area contributed by atoms with Gasteiger partial charge in [-0.05, 0) is 27.7 Å². The van der Waals surface area contributed by atoms with Crippen molar-refractivity contribution in [2.75, 3.05) is 19.7 Å². The molecular formula is C13H22N2O5. The van der Waals surface area contributed by atoms with Crippen LogP contribution in [0, 0.1) is 5.41 Å². The molecule has 0 saturated carbocycles. The molecule has 7 heteroatoms. The second-order valence-electron chi connectivity index (χ2n) is 6.25. The number of carboxylic acid groups (broad SMARTS) is 1. The molecule has 0 radical (unpaired) electrons. The summed E-state index contributed by atoms with van der Waals surface area (Å²) in [6.45, 7) is 7.81. The normalized spacial score (nSPS) is 18.5. The molecule has 0 unspecified atom stereocenters. The zero-order valence-electron chi connectivity index (χ0n) is 12.4. The topological polar surface area (TPSA) is 95.9 Å². The van der Waals surface area contributed by atoms with E-state index in [1.165, 1.54) is 18.7 Å². The predicted octanol–water partition coefficient (Wildman–Crippen LogP) is 0.834. The van der Waals surface area contributed by atoms with Crippen molar-refractivity contribution in [2.24, 2.45) is 5.41 Å². The summed E-state index contributed by atoms with van der Waals surface area (Å²) in [6.07, 6.45) is -0.248. The number of hydrogen-bond acceptors (Lipinski definition) is 4. The van der Waals surface area contributed by atoms with Gasteiger partial charge in [0.25, 0.3) is 0 Å². The van der Waals surface area contributed by atoms with Crippen molar-refractivity contribution in [3.8, 4) is 0 Å². The lowest BCUT2D eigenvalue weighted by molar-refractivity contribution is -0.149. The number of carbonyl (C=O) groups is 3. The van der Waals surface area contributed by atoms with E-state index in [9.17, 15) is 14.4 Å². The average molecular weight is 286 g/mol. The van der Waals surface area contributed by atoms with Crippen molar-refractivity contribution in [1.82, 2.24) is 10.2 Å². The molecule has 1 aliphatic rings. The monoisotopic (exact) mass is 286 g/mol. The smallest absolute Gasteiger partial charge is 0.324 e. The number of hydrogen-bond donors (Lipinski definition) is 2. The van der Waals surface area contributed by atoms with E-state index < -0.39 is 28.9 Å². The number of carbonyl (C=O) groups excluding carboxylic acids is 2. The molecule has 2 N–H and O–H groups in total. The molecule has 1 aliphatic heterocycles. The van der Waals surface area contributed by atoms with Crippen LogP contribution in [0.15, 0.2) is 0 Å². The van der Waals surface area contributed by atoms with Crippen molar-refractivity contribution in [3.63, 3.8) is 0 Å². The van der Waals surface area contributed by atoms with Crippen molar-refractivity contribution in [2.45, 2.75) is 39.7 Å². The molecule has 1 heterocycles. The van der Waals surface area contributed by atoms with Crippen molar-refractivity contribution in [1.29, 1.82) is 0 Å². The Morgan fingerprint density at radius 2 is 1.95 bits per heavy atom. The molecule has 0 atom stereocenters. The van der Waals surface area contributed by atoms with Gasteiger partial charge in [0.1, 0.15) is 0 Å². The van der Waals surface area contributed by atoms with Gasteiger partial charge < -0.3 is 14.7 Å². The molecular weight excluding hydrogens is 264 g/mol. The summed E-state index contributed by atoms with van der Waals surface area (Å²) >= 11 is 0. The SMILES string of the molecule is CC1(C)CN(C(=O)NC(=O)CC(C)(C)C(=O)O)CCO1. The van der Waals surface area contributed by atoms with Crippen LogP contribution in [-0.4, -0.2) is 53.2 Å². The summed E-state index contributed by atoms with van der Waals surface area (Å²) in [5.74, 6) is -1.67. The predicted molar refractivity (Wildman–Crippen MR) is 71.2 cm³/mol. The molecule has 0 aliphatic carbocycles. The molecule has 20 heavy (non-hydrogen) atoms. The van der Waals surface area contributed by atoms with Crippen LogP contribution < -0.4 is 5.32 Å². The minimum atomic E-state index is -1.20. The standard InChI is InChI=1S/C13H22N2O5/c1-12(2,10(17)18)7-9(16)14-11(19)15-5-6-20-13(3,4)8-15/h5-8H2,1-4H3,(H,17,18)(H,14,16,19). The molecule has 1 rings (SSSR count). The Labute approximate surface area is 118 Å². The number of carboxylic acids is 1. The molecule has 7 nitrogen and oxygen atoms in total. The fraction of sp³-hybridized carbons (Fsp3) is 0.769. The van der Waals surface area contributed by atoms with Crippen LogP contribution in [-0.2, 0) is 14.3 Å². The maximum Gasteiger partial charge on any atom is 0.324 e. The molecule has 0 spiro atoms. The third kappa shape index (κ3) is 4.48. The maximum absolute atomic E-state index is 11.9. The number of nitrogens with zero attached hydrogens (tertiary/aromatic N) is 1. The number of ether oxygens (including phenoxy) is 1. The molecule has 0 bridgehead atoms. The number of urea groups is 1. The Balaban J connectivity index is 2.54. The Kier molecular flexibility index (Phi) is 4.75. The van der Waals surface area contributed by atoms with Gasteiger partial charge in [0.15, 0.2) is 0 Å². The van der Waals surface area contributed by atoms with Crippen LogP contribution in [0.1, 0.15) is 34.1 Å². The summed E-state index contributed by atoms with van der Waals surface area (Å²) in [7, 11) is 0. The van der Waals surface area contributed by atoms with E-state index >= 15 is 0 Å². The van der Waals surface area contributed by atoms with E-state index in [0.717, 1.165) is 0 Å². The Morgan fingerprint density at radius 1 is 1.35 bits per heavy atom. The van der Waals surface area contributed by atoms with Crippen molar-refractivity contribution < 1.29 is 24.2 Å². The number of morpholine rings is 1. The molecule has 1 saturated heterocycles. The van der Waals surface area contributed by atoms with Crippen molar-refractivity contribution >= 4 is 17.9 Å². The lowest BCUT2D eigenvalue weighted by Gasteiger charge is -2.37. The summed E-state index contributed by atoms with van der Waals surface area (Å²) in [5, 5.41) is 11.2. The lowest BCUT2D eigenvalue weighted by atomic mass is 9.89. The second kappa shape index (κ2) is 5.78. The summed E-state index contributed by atoms with van der Waals surface area (Å²) in [4.78, 5) is 36.1. The first kappa shape index (κ1) is 16.4. The van der Waals surface area contributed by atoms with Gasteiger partial charge in [-0.3, -0.25) is 14.9 Å². The van der Waals surface area contributed by atoms with Crippen molar-refractivity contribution in [3.05, 3.63) is 0 Å². The molecule has 0 aromatic rings. The first-order valence-electron chi connectivity index (χ1n) is 6.50. The van der Waals surface area contributed by atoms with Gasteiger partial charge >= 0.3 is 12.0 Å². The number of nitrogens with one attached hydrogen (secondary N) is 1. The largest absolute Gasteiger partial charge is 0.481 e. The van der Waals surface area contributed by atoms with Crippen LogP contribution in [0.3, 0.4) is 0 Å². The van der Waals surface area contributed by atoms with E-state index in [1.54, 1.807) is 0 Å². The van der Waals surface area contributed by atoms with Crippen LogP contribution in [0.2, 0.25) is 0 Å². The third-order valence-electron chi connectivity index (χ3n) is 3.14. The molecule has 0 aromatic carbocycles. The average Bonchev–Trinajstić information content (AvgIpc) is 2.26. The summed E-state index contributed by atoms with van der Waals surface area (Å²) < 4.78 is 5.48. The highest BCUT2D eigenvalue weighted by atomic mass is 16.5. The van der Waals surface area contributed by atoms with Gasteiger partial charge in [0.05, 0.1) is 24.2 Å². The summed E-state index contributed by atoms with van der Waals surface area (Å²) in [5.41, 5.74) is -1.65. The second-order valence-corrected chi connectivity index (χ2v) is 6.25. The van der Waals surface area contributed by atoms with Crippen LogP contribution >= 0.6 is 0 Å². The van der Waals surface area contributed by atoms with Crippen LogP contribution in [0.5, 0.6) is 0 Å². The number of imide groups is 1. The minimum Gasteiger partial charge on any atom is -0.481 e. The quantitative estimate of drug-likeness (QED) is 0.801. The molecule has 0 aromatic heterocycles. The van der Waals surface area contributed by atoms with Gasteiger partial charge in [0.2, 0.25) is 5.91 Å². The number of rotatable bonds is 3. The highest BCUT2D eigenvalue weighted by Crippen LogP contribution is 2.20. The van der Waals surface area contributed by atoms with E-state index in [0.29, 0.717) is 19.7 Å². The van der Waals surface area contributed by atoms with Gasteiger partial charge in [-0.15, -0.1) is 0 Å². The molecule has 114 valence electrons. The lowest BCUT2D eigenvalue weighted by Crippen LogP contribution is -2.54. The Bertz CT molecular complexity index is 417. The minimum absolute atomic E-state index is 0.248. The van der Waals surface area contributed by atoms with E-state index in [-0.39, 0.29) is 6.42 Å². The Hall–Kier alpha value is -1.63. The fourth-order valence-corrected chi connectivity index (χ4v) is 1.91. The van der Waals surface area contributed by atoms with E-state index in [2.05, 4.69) is 5.32 Å². The zero-order chi connectivity index (χ0) is 15.6. The van der Waals surface area contributed by atoms with E-state index in [4.69, 9.17) is 9.84 Å². The molecule has 1 fully saturated rings. The van der Waals surface area contributed by atoms with E-state index in [1.807, 2.05) is 13.8 Å². The first-order valence-corrected chi connectivity index (χ1v) is 6.50. The maximum atomic E-state index is 11.9. The van der Waals surface area contributed by atoms with Gasteiger partial charge in [-0.2, -0.15) is 0 Å². The van der Waals surface area contributed by atoms with Gasteiger partial charge in [-0.1, -0.05) is 0 Å². The summed E-state index contributed by atoms with van der Waals surface area (Å²) in [6, 6.07) is -0.507. The van der Waals surface area contributed by atoms with Gasteiger partial charge in [-0.25, -0.2) is 4.79 Å². The molecule has 3 amide bonds. The first-order chi connectivity index (χ1) is 9.03. The van der Waals surface area contributed by atoms with Crippen LogP contribution in [0.4, 0.5) is 4.79 Å². The highest BCUT2D eigenvalue weighted by Gasteiger charge is 2.33. The van der Waals surface area contributed by atoms with Gasteiger partial charge in [0, 0.05) is 13.0 Å². The number of amides is 3.